The summed E-state index contributed by atoms with van der Waals surface area (Å²) in [5, 5.41) is 35.8. The number of hydrogen-bond donors (Lipinski definition) is 18. The number of aromatic nitrogens is 18. The van der Waals surface area contributed by atoms with Gasteiger partial charge in [0.25, 0.3) is 16.7 Å². The number of nitrogens with zero attached hydrogens (tertiary/aromatic N) is 15. The molecule has 21 heterocycles. The third-order valence-electron chi connectivity index (χ3n) is 22.4. The van der Waals surface area contributed by atoms with E-state index in [-0.39, 0.29) is 90.4 Å². The number of thiol groups is 1. The maximum Gasteiger partial charge on any atom is 0.386 e. The highest BCUT2D eigenvalue weighted by Gasteiger charge is 2.55. The lowest BCUT2D eigenvalue weighted by Crippen LogP contribution is -2.36. The van der Waals surface area contributed by atoms with Crippen LogP contribution in [0, 0.1) is 0 Å². The van der Waals surface area contributed by atoms with Crippen molar-refractivity contribution in [1.82, 2.24) is 87.2 Å². The Morgan fingerprint density at radius 1 is 0.356 bits per heavy atom. The number of ether oxygens (including phenoxy) is 6. The molecule has 9 fully saturated rings. The molecular formula is C66H78N24O30P6S6. The van der Waals surface area contributed by atoms with Gasteiger partial charge in [-0.2, -0.15) is 15.0 Å². The molecule has 23 N–H and O–H groups in total. The number of anilines is 6. The van der Waals surface area contributed by atoms with Crippen molar-refractivity contribution in [3.8, 4) is 0 Å². The van der Waals surface area contributed by atoms with Gasteiger partial charge in [-0.05, 0) is 95.4 Å². The van der Waals surface area contributed by atoms with Gasteiger partial charge in [-0.15, -0.1) is 0 Å². The first kappa shape index (κ1) is 93.7. The van der Waals surface area contributed by atoms with Crippen LogP contribution in [0.3, 0.4) is 0 Å². The molecule has 27 atom stereocenters. The molecule has 0 spiro atoms. The fourth-order valence-electron chi connectivity index (χ4n) is 16.6. The maximum atomic E-state index is 13.5. The molecule has 6 bridgehead atoms. The molecule has 21 rings (SSSR count). The second-order valence-electron chi connectivity index (χ2n) is 31.0. The van der Waals surface area contributed by atoms with E-state index in [9.17, 15) is 58.7 Å². The van der Waals surface area contributed by atoms with Crippen molar-refractivity contribution in [3.05, 3.63) is 124 Å². The summed E-state index contributed by atoms with van der Waals surface area (Å²) in [5.41, 5.74) is 36.7. The van der Waals surface area contributed by atoms with E-state index >= 15 is 0 Å². The van der Waals surface area contributed by atoms with Crippen molar-refractivity contribution in [3.63, 3.8) is 0 Å². The van der Waals surface area contributed by atoms with Crippen LogP contribution < -0.4 is 51.1 Å². The standard InChI is InChI=1S/3C22H26N8O10P2S2/c3*23-11-1-3-25-17-10(11)2-4-29(17)21-15(31)16-13(38-21)7-36-41(33,43)39-12-5-9(6-35-42(34,44)40-16)37-20(12)30-8-26-14-18(30)27-22(24)28-19(14)32/h3*1-4,8-9,12-13,15-16,20-21,31H,5-7H2,(H2,23,25)(H,33,43)(H,34,44)(H3,24,27,28,32)/t3*9?,12-,13-,15-,16-,20-,21-,41?,42?/m111/s1. The highest BCUT2D eigenvalue weighted by Crippen LogP contribution is 2.61. The highest BCUT2D eigenvalue weighted by atomic mass is 32.7. The molecule has 0 amide bonds. The second-order valence-corrected chi connectivity index (χ2v) is 47.8. The van der Waals surface area contributed by atoms with Crippen LogP contribution in [-0.4, -0.2) is 258 Å². The molecule has 9 saturated heterocycles. The maximum absolute atomic E-state index is 13.5. The Morgan fingerprint density at radius 3 is 0.947 bits per heavy atom. The molecule has 66 heteroatoms. The first-order valence-corrected chi connectivity index (χ1v) is 55.0. The van der Waals surface area contributed by atoms with Crippen LogP contribution in [0.15, 0.2) is 107 Å². The van der Waals surface area contributed by atoms with Crippen LogP contribution >= 0.6 is 52.6 Å². The Balaban J connectivity index is 0.000000128. The van der Waals surface area contributed by atoms with E-state index in [1.165, 1.54) is 51.3 Å². The summed E-state index contributed by atoms with van der Waals surface area (Å²) in [5.74, 6) is -0.440. The summed E-state index contributed by atoms with van der Waals surface area (Å²) in [6, 6.07) is 10.1. The van der Waals surface area contributed by atoms with Gasteiger partial charge in [0.2, 0.25) is 17.8 Å². The van der Waals surface area contributed by atoms with Crippen LogP contribution in [0.25, 0.3) is 66.6 Å². The molecule has 12 aromatic rings. The quantitative estimate of drug-likeness (QED) is 0.0822. The van der Waals surface area contributed by atoms with Gasteiger partial charge < -0.3 is 148 Å². The predicted molar refractivity (Wildman–Crippen MR) is 480 cm³/mol. The number of rotatable bonds is 6. The molecule has 9 unspecified atom stereocenters. The number of aliphatic hydroxyl groups excluding tert-OH is 3. The number of pyridine rings is 3. The minimum absolute atomic E-state index is 0.000451. The molecule has 708 valence electrons. The minimum Gasteiger partial charge on any atom is -0.398 e. The monoisotopic (exact) mass is 2060 g/mol. The molecule has 0 saturated carbocycles. The zero-order chi connectivity index (χ0) is 92.9. The van der Waals surface area contributed by atoms with Crippen molar-refractivity contribution in [2.75, 3.05) is 74.0 Å². The van der Waals surface area contributed by atoms with Crippen molar-refractivity contribution in [2.45, 2.75) is 148 Å². The van der Waals surface area contributed by atoms with Crippen molar-refractivity contribution < 1.29 is 127 Å². The lowest BCUT2D eigenvalue weighted by Gasteiger charge is -2.28. The van der Waals surface area contributed by atoms with E-state index < -0.39 is 206 Å². The van der Waals surface area contributed by atoms with E-state index in [1.54, 1.807) is 68.7 Å². The van der Waals surface area contributed by atoms with Gasteiger partial charge in [0.15, 0.2) is 70.9 Å². The largest absolute Gasteiger partial charge is 0.398 e. The summed E-state index contributed by atoms with van der Waals surface area (Å²) in [6.45, 7) is -26.3. The van der Waals surface area contributed by atoms with E-state index in [0.29, 0.717) is 50.2 Å². The SMILES string of the molecule is Nc1nc2c(ncn2[C@@H]2OC3COP(O)(=S)O[C@H]4[C@@H](O)[C@H](n5ccc6c(N)ccnc65)O[C@@H]4COP(=O)(S)O[C@@H]2C3)c(=O)[nH]1.Nc1nc2c(ncn2[C@@H]2OC3COP(O)(=S)O[C@H]4[C@@H](O)[C@H](n5ccc6c(N)ccnc65)O[C@@H]4COP(O)(=S)O[C@@H]2C3)c(=O)[nH]1.Nc1nc2c(ncn2[C@@H]2OC3COP(O)(=S)O[C@H]4[C@@H](O)[C@H](n5ccc6c(N)ccnc65)O[C@@H]4COP(O)(=S)O[C@@H]2C3)c(=O)[nH]1. The number of hydrogen-bond acceptors (Lipinski definition) is 45. The van der Waals surface area contributed by atoms with Gasteiger partial charge in [0, 0.05) is 89.7 Å². The van der Waals surface area contributed by atoms with E-state index in [2.05, 4.69) is 72.1 Å². The third kappa shape index (κ3) is 18.8. The van der Waals surface area contributed by atoms with E-state index in [1.807, 2.05) is 0 Å². The molecule has 0 aliphatic carbocycles. The Hall–Kier alpha value is -7.29. The summed E-state index contributed by atoms with van der Waals surface area (Å²) in [7, 11) is 0. The van der Waals surface area contributed by atoms with Crippen LogP contribution in [-0.2, 0) is 146 Å². The average Bonchev–Trinajstić information content (AvgIpc) is 1.64. The minimum atomic E-state index is -4.15. The number of nitrogens with one attached hydrogen (secondary N) is 3. The number of nitrogens with two attached hydrogens (primary N) is 6. The lowest BCUT2D eigenvalue weighted by molar-refractivity contribution is -0.0603. The Morgan fingerprint density at radius 2 is 0.636 bits per heavy atom. The first-order valence-electron chi connectivity index (χ1n) is 39.4. The fraction of sp³-hybridized carbons (Fsp3) is 0.455. The molecule has 12 aromatic heterocycles. The second kappa shape index (κ2) is 36.2. The third-order valence-corrected chi connectivity index (χ3v) is 31.8. The number of fused-ring (bicyclic) bond motifs is 15. The Kier molecular flexibility index (Phi) is 25.7. The van der Waals surface area contributed by atoms with Crippen molar-refractivity contribution in [2.24, 2.45) is 0 Å². The van der Waals surface area contributed by atoms with Gasteiger partial charge in [-0.25, -0.2) is 34.5 Å². The molecule has 54 nitrogen and oxygen atoms in total. The lowest BCUT2D eigenvalue weighted by atomic mass is 10.1. The van der Waals surface area contributed by atoms with E-state index in [4.69, 9.17) is 176 Å². The normalized spacial score (nSPS) is 36.6. The Labute approximate surface area is 768 Å². The van der Waals surface area contributed by atoms with Crippen molar-refractivity contribution in [1.29, 1.82) is 0 Å². The van der Waals surface area contributed by atoms with Crippen molar-refractivity contribution >= 4 is 213 Å². The van der Waals surface area contributed by atoms with Gasteiger partial charge >= 0.3 is 40.4 Å². The molecule has 9 aliphatic rings. The smallest absolute Gasteiger partial charge is 0.386 e. The molecular weight excluding hydrogens is 1990 g/mol. The number of aliphatic hydroxyl groups is 3. The fourth-order valence-corrected chi connectivity index (χ4v) is 25.3. The molecule has 0 aromatic carbocycles. The summed E-state index contributed by atoms with van der Waals surface area (Å²) in [4.78, 5) is 137. The molecule has 132 heavy (non-hydrogen) atoms. The van der Waals surface area contributed by atoms with Gasteiger partial charge in [0.05, 0.1) is 76.9 Å². The summed E-state index contributed by atoms with van der Waals surface area (Å²) >= 11 is 30.7. The zero-order valence-corrected chi connectivity index (χ0v) is 77.4. The number of aromatic amines is 3. The summed E-state index contributed by atoms with van der Waals surface area (Å²) in [6.07, 6.45) is -9.05. The molecule has 0 radical (unpaired) electrons. The zero-order valence-electron chi connectivity index (χ0n) is 67.1. The highest BCUT2D eigenvalue weighted by molar-refractivity contribution is 8.44. The van der Waals surface area contributed by atoms with Gasteiger partial charge in [-0.3, -0.25) is 65.7 Å². The topological polar surface area (TPSA) is 745 Å². The van der Waals surface area contributed by atoms with E-state index in [0.717, 1.165) is 0 Å². The van der Waals surface area contributed by atoms with Crippen LogP contribution in [0.4, 0.5) is 34.9 Å². The number of H-pyrrole nitrogens is 3. The predicted octanol–water partition coefficient (Wildman–Crippen LogP) is 1.21. The summed E-state index contributed by atoms with van der Waals surface area (Å²) < 4.78 is 128. The Bertz CT molecular complexity index is 6360. The molecule has 9 aliphatic heterocycles. The van der Waals surface area contributed by atoms with Gasteiger partial charge in [-0.1, -0.05) is 12.2 Å². The number of imidazole rings is 3. The van der Waals surface area contributed by atoms with Crippen LogP contribution in [0.2, 0.25) is 0 Å². The van der Waals surface area contributed by atoms with Gasteiger partial charge in [0.1, 0.15) is 90.2 Å². The number of nitrogen functional groups attached to an aromatic ring is 6. The average molecular weight is 2070 g/mol. The van der Waals surface area contributed by atoms with Crippen LogP contribution in [0.5, 0.6) is 0 Å². The van der Waals surface area contributed by atoms with Crippen LogP contribution in [0.1, 0.15) is 56.6 Å². The first-order chi connectivity index (χ1) is 62.7.